The van der Waals surface area contributed by atoms with Crippen LogP contribution in [0.2, 0.25) is 5.02 Å². The van der Waals surface area contributed by atoms with E-state index >= 15 is 0 Å². The Hall–Kier alpha value is -0.270. The van der Waals surface area contributed by atoms with Gasteiger partial charge in [-0.05, 0) is 19.1 Å². The summed E-state index contributed by atoms with van der Waals surface area (Å²) in [6, 6.07) is 3.65. The summed E-state index contributed by atoms with van der Waals surface area (Å²) < 4.78 is 0. The number of rotatable bonds is 2. The molecule has 0 amide bonds. The van der Waals surface area contributed by atoms with Gasteiger partial charge in [-0.2, -0.15) is 0 Å². The molecule has 0 radical (unpaired) electrons. The molecule has 0 aliphatic heterocycles. The van der Waals surface area contributed by atoms with Gasteiger partial charge < -0.3 is 0 Å². The number of nitrogens with zero attached hydrogens (tertiary/aromatic N) is 1. The van der Waals surface area contributed by atoms with E-state index in [1.54, 1.807) is 6.20 Å². The third-order valence-electron chi connectivity index (χ3n) is 1.91. The molecule has 0 bridgehead atoms. The van der Waals surface area contributed by atoms with Gasteiger partial charge in [-0.3, -0.25) is 4.98 Å². The zero-order valence-electron chi connectivity index (χ0n) is 7.09. The van der Waals surface area contributed by atoms with Gasteiger partial charge in [0, 0.05) is 17.5 Å². The van der Waals surface area contributed by atoms with Crippen LogP contribution in [0.4, 0.5) is 0 Å². The molecule has 3 heteroatoms. The molecule has 0 fully saturated rings. The van der Waals surface area contributed by atoms with Crippen LogP contribution in [0, 0.1) is 0 Å². The summed E-state index contributed by atoms with van der Waals surface area (Å²) in [6.45, 7) is 3.96. The zero-order chi connectivity index (χ0) is 9.14. The van der Waals surface area contributed by atoms with Crippen molar-refractivity contribution in [2.24, 2.45) is 0 Å². The number of hydrogen-bond donors (Lipinski definition) is 0. The lowest BCUT2D eigenvalue weighted by molar-refractivity contribution is 0.717. The van der Waals surface area contributed by atoms with Crippen LogP contribution in [0.1, 0.15) is 25.5 Å². The van der Waals surface area contributed by atoms with E-state index in [0.29, 0.717) is 5.02 Å². The molecule has 0 N–H and O–H groups in total. The first-order valence-electron chi connectivity index (χ1n) is 3.87. The molecule has 2 atom stereocenters. The van der Waals surface area contributed by atoms with Crippen molar-refractivity contribution in [3.05, 3.63) is 29.0 Å². The second-order valence-electron chi connectivity index (χ2n) is 2.84. The molecule has 0 aromatic carbocycles. The summed E-state index contributed by atoms with van der Waals surface area (Å²) in [5.74, 6) is 0.195. The molecule has 0 saturated heterocycles. The van der Waals surface area contributed by atoms with Gasteiger partial charge in [0.2, 0.25) is 0 Å². The molecule has 1 nitrogen and oxygen atoms in total. The highest BCUT2D eigenvalue weighted by molar-refractivity contribution is 6.31. The van der Waals surface area contributed by atoms with Gasteiger partial charge in [-0.1, -0.05) is 18.5 Å². The highest BCUT2D eigenvalue weighted by Crippen LogP contribution is 2.26. The maximum absolute atomic E-state index is 5.94. The summed E-state index contributed by atoms with van der Waals surface area (Å²) in [5.41, 5.74) is 0.877. The van der Waals surface area contributed by atoms with E-state index in [0.717, 1.165) is 5.69 Å². The molecule has 0 saturated carbocycles. The van der Waals surface area contributed by atoms with Crippen molar-refractivity contribution in [1.29, 1.82) is 0 Å². The molecule has 0 aliphatic carbocycles. The Balaban J connectivity index is 2.94. The van der Waals surface area contributed by atoms with Crippen molar-refractivity contribution < 1.29 is 0 Å². The molecule has 1 heterocycles. The highest BCUT2D eigenvalue weighted by atomic mass is 35.5. The normalized spacial score (nSPS) is 15.7. The minimum Gasteiger partial charge on any atom is -0.259 e. The minimum atomic E-state index is 0.0531. The molecule has 1 aromatic heterocycles. The molecule has 0 aliphatic rings. The van der Waals surface area contributed by atoms with Crippen LogP contribution in [0.25, 0.3) is 0 Å². The summed E-state index contributed by atoms with van der Waals surface area (Å²) in [6.07, 6.45) is 1.73. The van der Waals surface area contributed by atoms with Gasteiger partial charge in [-0.15, -0.1) is 11.6 Å². The van der Waals surface area contributed by atoms with E-state index in [9.17, 15) is 0 Å². The number of aromatic nitrogens is 1. The monoisotopic (exact) mass is 203 g/mol. The summed E-state index contributed by atoms with van der Waals surface area (Å²) >= 11 is 11.9. The Kier molecular flexibility index (Phi) is 3.36. The van der Waals surface area contributed by atoms with Crippen LogP contribution >= 0.6 is 23.2 Å². The topological polar surface area (TPSA) is 12.9 Å². The predicted octanol–water partition coefficient (Wildman–Crippen LogP) is 3.47. The van der Waals surface area contributed by atoms with E-state index in [4.69, 9.17) is 23.2 Å². The van der Waals surface area contributed by atoms with Gasteiger partial charge in [-0.25, -0.2) is 0 Å². The average molecular weight is 204 g/mol. The molecular formula is C9H11Cl2N. The molecule has 66 valence electrons. The maximum atomic E-state index is 5.94. The van der Waals surface area contributed by atoms with Gasteiger partial charge in [0.05, 0.1) is 10.7 Å². The van der Waals surface area contributed by atoms with Crippen LogP contribution in [0.15, 0.2) is 18.3 Å². The molecule has 2 unspecified atom stereocenters. The van der Waals surface area contributed by atoms with Crippen molar-refractivity contribution in [3.8, 4) is 0 Å². The number of alkyl halides is 1. The number of hydrogen-bond acceptors (Lipinski definition) is 1. The smallest absolute Gasteiger partial charge is 0.0632 e. The van der Waals surface area contributed by atoms with E-state index in [1.807, 2.05) is 26.0 Å². The molecular weight excluding hydrogens is 193 g/mol. The van der Waals surface area contributed by atoms with Crippen LogP contribution in [0.5, 0.6) is 0 Å². The Labute approximate surface area is 82.7 Å². The molecule has 1 aromatic rings. The second-order valence-corrected chi connectivity index (χ2v) is 3.93. The summed E-state index contributed by atoms with van der Waals surface area (Å²) in [7, 11) is 0. The number of pyridine rings is 1. The fourth-order valence-electron chi connectivity index (χ4n) is 0.950. The first-order chi connectivity index (χ1) is 5.63. The second kappa shape index (κ2) is 4.11. The lowest BCUT2D eigenvalue weighted by Crippen LogP contribution is -2.07. The van der Waals surface area contributed by atoms with Crippen molar-refractivity contribution >= 4 is 23.2 Å². The summed E-state index contributed by atoms with van der Waals surface area (Å²) in [5, 5.41) is 0.745. The van der Waals surface area contributed by atoms with E-state index < -0.39 is 0 Å². The molecule has 0 spiro atoms. The van der Waals surface area contributed by atoms with Crippen LogP contribution < -0.4 is 0 Å². The SMILES string of the molecule is CC(Cl)C(C)c1ncccc1Cl. The van der Waals surface area contributed by atoms with Gasteiger partial charge >= 0.3 is 0 Å². The first-order valence-corrected chi connectivity index (χ1v) is 4.69. The number of halogens is 2. The Morgan fingerprint density at radius 3 is 2.58 bits per heavy atom. The van der Waals surface area contributed by atoms with Crippen molar-refractivity contribution in [3.63, 3.8) is 0 Å². The third kappa shape index (κ3) is 2.11. The Morgan fingerprint density at radius 1 is 1.42 bits per heavy atom. The van der Waals surface area contributed by atoms with Gasteiger partial charge in [0.15, 0.2) is 0 Å². The molecule has 1 rings (SSSR count). The average Bonchev–Trinajstić information content (AvgIpc) is 2.04. The Morgan fingerprint density at radius 2 is 2.08 bits per heavy atom. The van der Waals surface area contributed by atoms with Crippen LogP contribution in [-0.4, -0.2) is 10.4 Å². The summed E-state index contributed by atoms with van der Waals surface area (Å²) in [4.78, 5) is 4.18. The first kappa shape index (κ1) is 9.82. The standard InChI is InChI=1S/C9H11Cl2N/c1-6(7(2)10)9-8(11)4-3-5-12-9/h3-7H,1-2H3. The Bertz CT molecular complexity index is 260. The van der Waals surface area contributed by atoms with Crippen molar-refractivity contribution in [2.75, 3.05) is 0 Å². The minimum absolute atomic E-state index is 0.0531. The maximum Gasteiger partial charge on any atom is 0.0632 e. The molecule has 12 heavy (non-hydrogen) atoms. The third-order valence-corrected chi connectivity index (χ3v) is 2.60. The quantitative estimate of drug-likeness (QED) is 0.672. The largest absolute Gasteiger partial charge is 0.259 e. The predicted molar refractivity (Wildman–Crippen MR) is 53.0 cm³/mol. The fraction of sp³-hybridized carbons (Fsp3) is 0.444. The van der Waals surface area contributed by atoms with Crippen molar-refractivity contribution in [1.82, 2.24) is 4.98 Å². The highest BCUT2D eigenvalue weighted by Gasteiger charge is 2.15. The lowest BCUT2D eigenvalue weighted by Gasteiger charge is -2.13. The van der Waals surface area contributed by atoms with E-state index in [-0.39, 0.29) is 11.3 Å². The zero-order valence-corrected chi connectivity index (χ0v) is 8.60. The van der Waals surface area contributed by atoms with E-state index in [1.165, 1.54) is 0 Å². The fourth-order valence-corrected chi connectivity index (χ4v) is 1.36. The van der Waals surface area contributed by atoms with Crippen LogP contribution in [-0.2, 0) is 0 Å². The van der Waals surface area contributed by atoms with E-state index in [2.05, 4.69) is 4.98 Å². The van der Waals surface area contributed by atoms with Crippen LogP contribution in [0.3, 0.4) is 0 Å². The van der Waals surface area contributed by atoms with Gasteiger partial charge in [0.1, 0.15) is 0 Å². The lowest BCUT2D eigenvalue weighted by atomic mass is 10.0. The van der Waals surface area contributed by atoms with Gasteiger partial charge in [0.25, 0.3) is 0 Å². The van der Waals surface area contributed by atoms with Crippen molar-refractivity contribution in [2.45, 2.75) is 25.1 Å².